The molecule has 1 saturated heterocycles. The summed E-state index contributed by atoms with van der Waals surface area (Å²) in [5, 5.41) is 3.56. The van der Waals surface area contributed by atoms with Crippen LogP contribution in [0.3, 0.4) is 0 Å². The Morgan fingerprint density at radius 1 is 1.20 bits per heavy atom. The van der Waals surface area contributed by atoms with E-state index in [0.717, 1.165) is 37.1 Å². The standard InChI is InChI=1S/C12H16BrNO/c13-11-3-1-10(2-4-11)9-14-12-5-7-15-8-6-12/h1-4,12,14H,5-9H2. The van der Waals surface area contributed by atoms with Gasteiger partial charge in [-0.1, -0.05) is 28.1 Å². The molecular formula is C12H16BrNO. The Hall–Kier alpha value is -0.380. The van der Waals surface area contributed by atoms with Crippen LogP contribution < -0.4 is 5.32 Å². The first kappa shape index (κ1) is 11.1. The lowest BCUT2D eigenvalue weighted by Gasteiger charge is -2.23. The summed E-state index contributed by atoms with van der Waals surface area (Å²) < 4.78 is 6.46. The zero-order valence-corrected chi connectivity index (χ0v) is 10.3. The van der Waals surface area contributed by atoms with Gasteiger partial charge in [0.2, 0.25) is 0 Å². The molecule has 0 atom stereocenters. The molecule has 1 aromatic rings. The van der Waals surface area contributed by atoms with E-state index in [0.29, 0.717) is 6.04 Å². The number of hydrogen-bond acceptors (Lipinski definition) is 2. The monoisotopic (exact) mass is 269 g/mol. The highest BCUT2D eigenvalue weighted by Gasteiger charge is 2.12. The van der Waals surface area contributed by atoms with Crippen molar-refractivity contribution >= 4 is 15.9 Å². The highest BCUT2D eigenvalue weighted by molar-refractivity contribution is 9.10. The van der Waals surface area contributed by atoms with E-state index in [4.69, 9.17) is 4.74 Å². The summed E-state index contributed by atoms with van der Waals surface area (Å²) in [4.78, 5) is 0. The van der Waals surface area contributed by atoms with Crippen molar-refractivity contribution < 1.29 is 4.74 Å². The molecule has 1 N–H and O–H groups in total. The van der Waals surface area contributed by atoms with Gasteiger partial charge >= 0.3 is 0 Å². The molecule has 0 aromatic heterocycles. The van der Waals surface area contributed by atoms with E-state index in [-0.39, 0.29) is 0 Å². The van der Waals surface area contributed by atoms with Crippen LogP contribution in [0.25, 0.3) is 0 Å². The molecule has 0 aliphatic carbocycles. The van der Waals surface area contributed by atoms with E-state index in [2.05, 4.69) is 45.5 Å². The van der Waals surface area contributed by atoms with Gasteiger partial charge in [0.15, 0.2) is 0 Å². The lowest BCUT2D eigenvalue weighted by atomic mass is 10.1. The van der Waals surface area contributed by atoms with Crippen molar-refractivity contribution in [1.29, 1.82) is 0 Å². The van der Waals surface area contributed by atoms with Gasteiger partial charge in [-0.15, -0.1) is 0 Å². The molecule has 15 heavy (non-hydrogen) atoms. The third-order valence-corrected chi connectivity index (χ3v) is 3.26. The van der Waals surface area contributed by atoms with Crippen molar-refractivity contribution in [2.24, 2.45) is 0 Å². The Balaban J connectivity index is 1.79. The average molecular weight is 270 g/mol. The third kappa shape index (κ3) is 3.59. The number of ether oxygens (including phenoxy) is 1. The van der Waals surface area contributed by atoms with E-state index in [1.807, 2.05) is 0 Å². The van der Waals surface area contributed by atoms with Crippen LogP contribution in [0.2, 0.25) is 0 Å². The highest BCUT2D eigenvalue weighted by Crippen LogP contribution is 2.11. The maximum atomic E-state index is 5.32. The number of rotatable bonds is 3. The van der Waals surface area contributed by atoms with E-state index >= 15 is 0 Å². The molecule has 1 aliphatic rings. The van der Waals surface area contributed by atoms with Crippen LogP contribution in [-0.4, -0.2) is 19.3 Å². The van der Waals surface area contributed by atoms with Crippen LogP contribution in [0.1, 0.15) is 18.4 Å². The quantitative estimate of drug-likeness (QED) is 0.911. The van der Waals surface area contributed by atoms with Crippen LogP contribution in [-0.2, 0) is 11.3 Å². The first-order valence-electron chi connectivity index (χ1n) is 5.40. The van der Waals surface area contributed by atoms with Gasteiger partial charge in [-0.3, -0.25) is 0 Å². The van der Waals surface area contributed by atoms with Gasteiger partial charge in [0.25, 0.3) is 0 Å². The van der Waals surface area contributed by atoms with E-state index in [9.17, 15) is 0 Å². The summed E-state index contributed by atoms with van der Waals surface area (Å²) in [7, 11) is 0. The summed E-state index contributed by atoms with van der Waals surface area (Å²) in [5.41, 5.74) is 1.34. The molecule has 0 saturated carbocycles. The van der Waals surface area contributed by atoms with Crippen molar-refractivity contribution in [3.63, 3.8) is 0 Å². The molecule has 2 rings (SSSR count). The molecular weight excluding hydrogens is 254 g/mol. The summed E-state index contributed by atoms with van der Waals surface area (Å²) in [6.45, 7) is 2.76. The van der Waals surface area contributed by atoms with Crippen molar-refractivity contribution in [3.05, 3.63) is 34.3 Å². The second-order valence-electron chi connectivity index (χ2n) is 3.89. The topological polar surface area (TPSA) is 21.3 Å². The van der Waals surface area contributed by atoms with E-state index in [1.165, 1.54) is 5.56 Å². The largest absolute Gasteiger partial charge is 0.381 e. The second kappa shape index (κ2) is 5.64. The summed E-state index contributed by atoms with van der Waals surface area (Å²) >= 11 is 3.44. The molecule has 0 amide bonds. The maximum absolute atomic E-state index is 5.32. The second-order valence-corrected chi connectivity index (χ2v) is 4.81. The Morgan fingerprint density at radius 2 is 1.87 bits per heavy atom. The summed E-state index contributed by atoms with van der Waals surface area (Å²) in [6.07, 6.45) is 2.27. The molecule has 0 radical (unpaired) electrons. The average Bonchev–Trinajstić information content (AvgIpc) is 2.30. The maximum Gasteiger partial charge on any atom is 0.0480 e. The summed E-state index contributed by atoms with van der Waals surface area (Å²) in [6, 6.07) is 9.09. The Labute approximate surface area is 99.1 Å². The smallest absolute Gasteiger partial charge is 0.0480 e. The van der Waals surface area contributed by atoms with Gasteiger partial charge < -0.3 is 10.1 Å². The highest BCUT2D eigenvalue weighted by atomic mass is 79.9. The molecule has 1 aromatic carbocycles. The molecule has 1 fully saturated rings. The number of halogens is 1. The molecule has 1 heterocycles. The minimum atomic E-state index is 0.627. The lowest BCUT2D eigenvalue weighted by molar-refractivity contribution is 0.0776. The molecule has 82 valence electrons. The Bertz CT molecular complexity index is 293. The minimum absolute atomic E-state index is 0.627. The van der Waals surface area contributed by atoms with Crippen LogP contribution in [0, 0.1) is 0 Å². The molecule has 0 unspecified atom stereocenters. The number of benzene rings is 1. The van der Waals surface area contributed by atoms with Gasteiger partial charge in [-0.2, -0.15) is 0 Å². The van der Waals surface area contributed by atoms with Gasteiger partial charge in [0.1, 0.15) is 0 Å². The SMILES string of the molecule is Brc1ccc(CNC2CCOCC2)cc1. The van der Waals surface area contributed by atoms with Crippen molar-refractivity contribution in [3.8, 4) is 0 Å². The van der Waals surface area contributed by atoms with Gasteiger partial charge in [0, 0.05) is 30.3 Å². The lowest BCUT2D eigenvalue weighted by Crippen LogP contribution is -2.34. The zero-order valence-electron chi connectivity index (χ0n) is 8.71. The Morgan fingerprint density at radius 3 is 2.53 bits per heavy atom. The third-order valence-electron chi connectivity index (χ3n) is 2.73. The van der Waals surface area contributed by atoms with Gasteiger partial charge in [0.05, 0.1) is 0 Å². The van der Waals surface area contributed by atoms with E-state index < -0.39 is 0 Å². The van der Waals surface area contributed by atoms with Crippen molar-refractivity contribution in [2.45, 2.75) is 25.4 Å². The predicted molar refractivity (Wildman–Crippen MR) is 64.8 cm³/mol. The van der Waals surface area contributed by atoms with Crippen LogP contribution in [0.15, 0.2) is 28.7 Å². The summed E-state index contributed by atoms with van der Waals surface area (Å²) in [5.74, 6) is 0. The molecule has 1 aliphatic heterocycles. The molecule has 3 heteroatoms. The van der Waals surface area contributed by atoms with Crippen LogP contribution in [0.5, 0.6) is 0 Å². The molecule has 2 nitrogen and oxygen atoms in total. The normalized spacial score (nSPS) is 17.9. The first-order valence-corrected chi connectivity index (χ1v) is 6.19. The van der Waals surface area contributed by atoms with Crippen molar-refractivity contribution in [2.75, 3.05) is 13.2 Å². The van der Waals surface area contributed by atoms with Crippen molar-refractivity contribution in [1.82, 2.24) is 5.32 Å². The van der Waals surface area contributed by atoms with Gasteiger partial charge in [-0.25, -0.2) is 0 Å². The minimum Gasteiger partial charge on any atom is -0.381 e. The predicted octanol–water partition coefficient (Wildman–Crippen LogP) is 2.72. The molecule has 0 spiro atoms. The van der Waals surface area contributed by atoms with Crippen LogP contribution >= 0.6 is 15.9 Å². The zero-order chi connectivity index (χ0) is 10.5. The fourth-order valence-corrected chi connectivity index (χ4v) is 2.03. The number of hydrogen-bond donors (Lipinski definition) is 1. The fourth-order valence-electron chi connectivity index (χ4n) is 1.77. The first-order chi connectivity index (χ1) is 7.34. The fraction of sp³-hybridized carbons (Fsp3) is 0.500. The van der Waals surface area contributed by atoms with Crippen LogP contribution in [0.4, 0.5) is 0 Å². The van der Waals surface area contributed by atoms with Gasteiger partial charge in [-0.05, 0) is 30.5 Å². The van der Waals surface area contributed by atoms with E-state index in [1.54, 1.807) is 0 Å². The number of nitrogens with one attached hydrogen (secondary N) is 1. The molecule has 0 bridgehead atoms. The Kier molecular flexibility index (Phi) is 4.18.